The maximum Gasteiger partial charge on any atom is 0.319 e. The van der Waals surface area contributed by atoms with E-state index in [-0.39, 0.29) is 36.3 Å². The Morgan fingerprint density at radius 2 is 1.96 bits per heavy atom. The first-order chi connectivity index (χ1) is 13.6. The van der Waals surface area contributed by atoms with Crippen LogP contribution in [0, 0.1) is 11.7 Å². The van der Waals surface area contributed by atoms with Gasteiger partial charge in [-0.05, 0) is 44.2 Å². The quantitative estimate of drug-likeness (QED) is 0.570. The van der Waals surface area contributed by atoms with E-state index in [0.717, 1.165) is 19.3 Å². The number of carbonyl (C=O) groups is 2. The second kappa shape index (κ2) is 9.84. The number of aliphatic hydroxyl groups excluding tert-OH is 1. The number of hydrogen-bond donors (Lipinski definition) is 4. The molecule has 0 radical (unpaired) electrons. The first kappa shape index (κ1) is 20.5. The molecule has 2 fully saturated rings. The number of nitrogens with one attached hydrogen (secondary N) is 3. The maximum atomic E-state index is 13.6. The van der Waals surface area contributed by atoms with Crippen LogP contribution in [0.3, 0.4) is 0 Å². The number of carbonyl (C=O) groups excluding carboxylic acids is 2. The summed E-state index contributed by atoms with van der Waals surface area (Å²) in [6, 6.07) is 5.02. The Labute approximate surface area is 164 Å². The number of amides is 3. The Balaban J connectivity index is 1.41. The van der Waals surface area contributed by atoms with E-state index in [0.29, 0.717) is 25.8 Å². The van der Waals surface area contributed by atoms with Crippen LogP contribution in [-0.4, -0.2) is 48.4 Å². The Bertz CT molecular complexity index is 683. The zero-order valence-electron chi connectivity index (χ0n) is 15.8. The lowest BCUT2D eigenvalue weighted by molar-refractivity contribution is -0.127. The zero-order chi connectivity index (χ0) is 19.9. The van der Waals surface area contributed by atoms with Gasteiger partial charge in [0.1, 0.15) is 11.9 Å². The lowest BCUT2D eigenvalue weighted by Gasteiger charge is -2.36. The highest BCUT2D eigenvalue weighted by atomic mass is 19.1. The van der Waals surface area contributed by atoms with Crippen LogP contribution in [0.5, 0.6) is 0 Å². The van der Waals surface area contributed by atoms with Crippen molar-refractivity contribution in [3.63, 3.8) is 0 Å². The number of hydrogen-bond acceptors (Lipinski definition) is 4. The summed E-state index contributed by atoms with van der Waals surface area (Å²) in [6.45, 7) is 0.319. The molecule has 0 bridgehead atoms. The lowest BCUT2D eigenvalue weighted by atomic mass is 9.85. The summed E-state index contributed by atoms with van der Waals surface area (Å²) in [6.07, 6.45) is 4.47. The van der Waals surface area contributed by atoms with Gasteiger partial charge >= 0.3 is 6.03 Å². The fourth-order valence-electron chi connectivity index (χ4n) is 3.57. The smallest absolute Gasteiger partial charge is 0.319 e. The van der Waals surface area contributed by atoms with Crippen LogP contribution in [-0.2, 0) is 9.53 Å². The summed E-state index contributed by atoms with van der Waals surface area (Å²) in [7, 11) is 0. The van der Waals surface area contributed by atoms with Crippen molar-refractivity contribution in [2.24, 2.45) is 5.92 Å². The van der Waals surface area contributed by atoms with Crippen LogP contribution < -0.4 is 16.0 Å². The monoisotopic (exact) mass is 393 g/mol. The van der Waals surface area contributed by atoms with E-state index >= 15 is 0 Å². The van der Waals surface area contributed by atoms with Crippen molar-refractivity contribution >= 4 is 17.6 Å². The number of anilines is 1. The molecular formula is C20H28FN3O4. The maximum absolute atomic E-state index is 13.6. The SMILES string of the molecule is O=C(Nc1ccccc1F)N[C@@H]1CC[C@@H](CCNC(=O)C2CCC2)O[C@@H]1CO. The minimum absolute atomic E-state index is 0.0773. The van der Waals surface area contributed by atoms with E-state index in [1.54, 1.807) is 12.1 Å². The molecule has 1 aliphatic carbocycles. The summed E-state index contributed by atoms with van der Waals surface area (Å²) in [5.74, 6) is -0.232. The van der Waals surface area contributed by atoms with Crippen LogP contribution in [0.4, 0.5) is 14.9 Å². The molecule has 1 aromatic rings. The van der Waals surface area contributed by atoms with Crippen LogP contribution in [0.25, 0.3) is 0 Å². The first-order valence-electron chi connectivity index (χ1n) is 9.93. The molecule has 3 amide bonds. The first-order valence-corrected chi connectivity index (χ1v) is 9.93. The van der Waals surface area contributed by atoms with Gasteiger partial charge in [-0.25, -0.2) is 9.18 Å². The van der Waals surface area contributed by atoms with Crippen LogP contribution in [0.1, 0.15) is 38.5 Å². The minimum Gasteiger partial charge on any atom is -0.394 e. The number of rotatable bonds is 7. The highest BCUT2D eigenvalue weighted by molar-refractivity contribution is 5.89. The van der Waals surface area contributed by atoms with Crippen molar-refractivity contribution in [1.29, 1.82) is 0 Å². The molecule has 0 spiro atoms. The number of aliphatic hydroxyl groups is 1. The third-order valence-electron chi connectivity index (χ3n) is 5.48. The molecule has 1 saturated carbocycles. The molecule has 1 heterocycles. The Hall–Kier alpha value is -2.19. The zero-order valence-corrected chi connectivity index (χ0v) is 15.8. The third kappa shape index (κ3) is 5.42. The average Bonchev–Trinajstić information content (AvgIpc) is 2.63. The number of para-hydroxylation sites is 1. The number of halogens is 1. The molecule has 1 saturated heterocycles. The number of urea groups is 1. The summed E-state index contributed by atoms with van der Waals surface area (Å²) in [5, 5.41) is 17.8. The second-order valence-electron chi connectivity index (χ2n) is 7.45. The average molecular weight is 393 g/mol. The van der Waals surface area contributed by atoms with E-state index in [2.05, 4.69) is 16.0 Å². The van der Waals surface area contributed by atoms with E-state index in [1.165, 1.54) is 12.1 Å². The van der Waals surface area contributed by atoms with Gasteiger partial charge in [-0.1, -0.05) is 18.6 Å². The van der Waals surface area contributed by atoms with Crippen molar-refractivity contribution in [2.45, 2.75) is 56.8 Å². The summed E-state index contributed by atoms with van der Waals surface area (Å²) in [4.78, 5) is 24.0. The minimum atomic E-state index is -0.539. The molecule has 0 unspecified atom stereocenters. The summed E-state index contributed by atoms with van der Waals surface area (Å²) in [5.41, 5.74) is 0.0948. The Morgan fingerprint density at radius 3 is 2.64 bits per heavy atom. The predicted molar refractivity (Wildman–Crippen MR) is 102 cm³/mol. The fourth-order valence-corrected chi connectivity index (χ4v) is 3.57. The van der Waals surface area contributed by atoms with Crippen molar-refractivity contribution in [3.8, 4) is 0 Å². The van der Waals surface area contributed by atoms with Crippen LogP contribution >= 0.6 is 0 Å². The highest BCUT2D eigenvalue weighted by Crippen LogP contribution is 2.26. The van der Waals surface area contributed by atoms with E-state index in [4.69, 9.17) is 4.74 Å². The second-order valence-corrected chi connectivity index (χ2v) is 7.45. The van der Waals surface area contributed by atoms with Crippen LogP contribution in [0.15, 0.2) is 24.3 Å². The van der Waals surface area contributed by atoms with Crippen molar-refractivity contribution in [2.75, 3.05) is 18.5 Å². The Morgan fingerprint density at radius 1 is 1.18 bits per heavy atom. The third-order valence-corrected chi connectivity index (χ3v) is 5.48. The van der Waals surface area contributed by atoms with Crippen molar-refractivity contribution in [3.05, 3.63) is 30.1 Å². The van der Waals surface area contributed by atoms with Gasteiger partial charge in [0.25, 0.3) is 0 Å². The molecule has 0 aromatic heterocycles. The highest BCUT2D eigenvalue weighted by Gasteiger charge is 2.32. The summed E-state index contributed by atoms with van der Waals surface area (Å²) >= 11 is 0. The molecule has 8 heteroatoms. The standard InChI is InChI=1S/C20H28FN3O4/c21-15-6-1-2-7-16(15)23-20(27)24-17-9-8-14(28-18(17)12-25)10-11-22-19(26)13-4-3-5-13/h1-2,6-7,13-14,17-18,25H,3-5,8-12H2,(H,22,26)(H2,23,24,27)/t14-,17+,18+/m0/s1. The van der Waals surface area contributed by atoms with Gasteiger partial charge in [0, 0.05) is 12.5 Å². The molecule has 7 nitrogen and oxygen atoms in total. The topological polar surface area (TPSA) is 99.7 Å². The predicted octanol–water partition coefficient (Wildman–Crippen LogP) is 2.16. The number of benzene rings is 1. The molecule has 4 N–H and O–H groups in total. The normalized spacial score (nSPS) is 24.9. The molecule has 3 atom stereocenters. The van der Waals surface area contributed by atoms with Gasteiger partial charge in [-0.2, -0.15) is 0 Å². The Kier molecular flexibility index (Phi) is 7.22. The molecule has 28 heavy (non-hydrogen) atoms. The van der Waals surface area contributed by atoms with Gasteiger partial charge in [-0.15, -0.1) is 0 Å². The summed E-state index contributed by atoms with van der Waals surface area (Å²) < 4.78 is 19.5. The van der Waals surface area contributed by atoms with Gasteiger partial charge in [0.15, 0.2) is 0 Å². The lowest BCUT2D eigenvalue weighted by Crippen LogP contribution is -2.52. The molecule has 154 valence electrons. The molecule has 2 aliphatic rings. The van der Waals surface area contributed by atoms with Crippen molar-refractivity contribution in [1.82, 2.24) is 10.6 Å². The van der Waals surface area contributed by atoms with E-state index in [1.807, 2.05) is 0 Å². The van der Waals surface area contributed by atoms with E-state index in [9.17, 15) is 19.1 Å². The largest absolute Gasteiger partial charge is 0.394 e. The molecule has 1 aliphatic heterocycles. The van der Waals surface area contributed by atoms with E-state index < -0.39 is 18.0 Å². The van der Waals surface area contributed by atoms with Gasteiger partial charge in [0.05, 0.1) is 24.4 Å². The number of ether oxygens (including phenoxy) is 1. The molecular weight excluding hydrogens is 365 g/mol. The van der Waals surface area contributed by atoms with Gasteiger partial charge in [-0.3, -0.25) is 4.79 Å². The van der Waals surface area contributed by atoms with Crippen molar-refractivity contribution < 1.29 is 23.8 Å². The fraction of sp³-hybridized carbons (Fsp3) is 0.600. The van der Waals surface area contributed by atoms with Gasteiger partial charge in [0.2, 0.25) is 5.91 Å². The van der Waals surface area contributed by atoms with Gasteiger partial charge < -0.3 is 25.8 Å². The molecule has 3 rings (SSSR count). The van der Waals surface area contributed by atoms with Crippen LogP contribution in [0.2, 0.25) is 0 Å². The molecule has 1 aromatic carbocycles.